The standard InChI is InChI=1S/C27H18Cl2N4O5/c28-15-6-12-20(18(29)13-15)32-26(35)22-21-11-5-14-3-1-2-4-19(14)31(21)24(23(22)27(32)36)25(34)30-16-7-9-17(10-8-16)33(37)38/h1-13,21-24H,(H,30,34)/t21-,22+,23+,24-/m0/s1. The number of nitro groups is 1. The molecule has 0 spiro atoms. The van der Waals surface area contributed by atoms with E-state index in [-0.39, 0.29) is 16.4 Å². The van der Waals surface area contributed by atoms with Gasteiger partial charge in [-0.3, -0.25) is 24.5 Å². The molecule has 0 saturated carbocycles. The highest BCUT2D eigenvalue weighted by Gasteiger charge is 2.64. The minimum atomic E-state index is -1.03. The highest BCUT2D eigenvalue weighted by Crippen LogP contribution is 2.50. The molecule has 2 fully saturated rings. The van der Waals surface area contributed by atoms with Crippen molar-refractivity contribution >= 4 is 69.7 Å². The number of amides is 3. The van der Waals surface area contributed by atoms with E-state index < -0.39 is 46.6 Å². The Morgan fingerprint density at radius 1 is 0.921 bits per heavy atom. The second-order valence-corrected chi connectivity index (χ2v) is 10.1. The Morgan fingerprint density at radius 2 is 1.63 bits per heavy atom. The molecule has 0 aliphatic carbocycles. The summed E-state index contributed by atoms with van der Waals surface area (Å²) in [7, 11) is 0. The highest BCUT2D eigenvalue weighted by atomic mass is 35.5. The van der Waals surface area contributed by atoms with Crippen LogP contribution in [0.15, 0.2) is 72.8 Å². The van der Waals surface area contributed by atoms with Crippen molar-refractivity contribution in [1.29, 1.82) is 0 Å². The maximum Gasteiger partial charge on any atom is 0.269 e. The molecule has 3 aliphatic heterocycles. The Hall–Kier alpha value is -4.21. The molecule has 0 radical (unpaired) electrons. The van der Waals surface area contributed by atoms with Crippen molar-refractivity contribution in [2.24, 2.45) is 11.8 Å². The zero-order valence-electron chi connectivity index (χ0n) is 19.5. The van der Waals surface area contributed by atoms with Gasteiger partial charge in [0.1, 0.15) is 6.04 Å². The summed E-state index contributed by atoms with van der Waals surface area (Å²) in [6.07, 6.45) is 3.73. The van der Waals surface area contributed by atoms with Gasteiger partial charge in [-0.15, -0.1) is 0 Å². The van der Waals surface area contributed by atoms with Crippen molar-refractivity contribution in [2.75, 3.05) is 15.1 Å². The molecule has 11 heteroatoms. The van der Waals surface area contributed by atoms with Gasteiger partial charge >= 0.3 is 0 Å². The lowest BCUT2D eigenvalue weighted by Gasteiger charge is -2.36. The lowest BCUT2D eigenvalue weighted by molar-refractivity contribution is -0.384. The van der Waals surface area contributed by atoms with Crippen LogP contribution in [-0.4, -0.2) is 34.7 Å². The van der Waals surface area contributed by atoms with E-state index in [1.807, 2.05) is 41.3 Å². The molecule has 3 aliphatic rings. The van der Waals surface area contributed by atoms with E-state index in [9.17, 15) is 24.5 Å². The molecule has 4 atom stereocenters. The van der Waals surface area contributed by atoms with E-state index in [0.29, 0.717) is 10.7 Å². The molecular weight excluding hydrogens is 531 g/mol. The number of imide groups is 1. The van der Waals surface area contributed by atoms with E-state index in [2.05, 4.69) is 5.32 Å². The zero-order valence-corrected chi connectivity index (χ0v) is 21.0. The number of fused-ring (bicyclic) bond motifs is 5. The van der Waals surface area contributed by atoms with E-state index in [4.69, 9.17) is 23.2 Å². The summed E-state index contributed by atoms with van der Waals surface area (Å²) in [5, 5.41) is 14.3. The lowest BCUT2D eigenvalue weighted by atomic mass is 9.88. The SMILES string of the molecule is O=C(Nc1ccc([N+](=O)[O-])cc1)[C@@H]1[C@@H]2C(=O)N(c3ccc(Cl)cc3Cl)C(=O)[C@@H]2[C@@H]2C=Cc3ccccc3N12. The zero-order chi connectivity index (χ0) is 26.7. The molecule has 190 valence electrons. The third-order valence-corrected chi connectivity index (χ3v) is 7.72. The van der Waals surface area contributed by atoms with E-state index in [1.54, 1.807) is 6.07 Å². The summed E-state index contributed by atoms with van der Waals surface area (Å²) in [6, 6.07) is 15.8. The quantitative estimate of drug-likeness (QED) is 0.281. The molecule has 1 N–H and O–H groups in total. The summed E-state index contributed by atoms with van der Waals surface area (Å²) in [4.78, 5) is 54.8. The fourth-order valence-electron chi connectivity index (χ4n) is 5.60. The lowest BCUT2D eigenvalue weighted by Crippen LogP contribution is -2.50. The van der Waals surface area contributed by atoms with Gasteiger partial charge in [-0.25, -0.2) is 4.90 Å². The number of halogens is 2. The average molecular weight is 549 g/mol. The van der Waals surface area contributed by atoms with Gasteiger partial charge in [-0.05, 0) is 42.0 Å². The highest BCUT2D eigenvalue weighted by molar-refractivity contribution is 6.38. The van der Waals surface area contributed by atoms with Crippen LogP contribution >= 0.6 is 23.2 Å². The number of rotatable bonds is 4. The van der Waals surface area contributed by atoms with E-state index >= 15 is 0 Å². The van der Waals surface area contributed by atoms with Crippen molar-refractivity contribution in [3.63, 3.8) is 0 Å². The van der Waals surface area contributed by atoms with Gasteiger partial charge in [0.25, 0.3) is 5.69 Å². The minimum absolute atomic E-state index is 0.119. The van der Waals surface area contributed by atoms with E-state index in [0.717, 1.165) is 16.2 Å². The second kappa shape index (κ2) is 8.97. The largest absolute Gasteiger partial charge is 0.351 e. The predicted molar refractivity (Wildman–Crippen MR) is 143 cm³/mol. The maximum atomic E-state index is 13.9. The molecule has 3 amide bonds. The molecule has 0 unspecified atom stereocenters. The van der Waals surface area contributed by atoms with Crippen LogP contribution in [0, 0.1) is 22.0 Å². The number of non-ortho nitro benzene ring substituents is 1. The van der Waals surface area contributed by atoms with Crippen LogP contribution < -0.4 is 15.1 Å². The number of para-hydroxylation sites is 1. The first-order valence-corrected chi connectivity index (χ1v) is 12.5. The molecule has 9 nitrogen and oxygen atoms in total. The van der Waals surface area contributed by atoms with Crippen molar-refractivity contribution in [1.82, 2.24) is 0 Å². The number of carbonyl (C=O) groups is 3. The third-order valence-electron chi connectivity index (χ3n) is 7.18. The first-order chi connectivity index (χ1) is 18.3. The Balaban J connectivity index is 1.42. The third kappa shape index (κ3) is 3.66. The minimum Gasteiger partial charge on any atom is -0.351 e. The van der Waals surface area contributed by atoms with Crippen molar-refractivity contribution in [3.05, 3.63) is 98.5 Å². The molecular formula is C27H18Cl2N4O5. The maximum absolute atomic E-state index is 13.9. The Kier molecular flexibility index (Phi) is 5.70. The predicted octanol–water partition coefficient (Wildman–Crippen LogP) is 4.93. The van der Waals surface area contributed by atoms with Crippen LogP contribution in [0.5, 0.6) is 0 Å². The summed E-state index contributed by atoms with van der Waals surface area (Å²) >= 11 is 12.4. The molecule has 2 saturated heterocycles. The summed E-state index contributed by atoms with van der Waals surface area (Å²) in [5.74, 6) is -3.31. The van der Waals surface area contributed by atoms with Crippen LogP contribution in [0.2, 0.25) is 10.0 Å². The molecule has 3 heterocycles. The number of benzene rings is 3. The van der Waals surface area contributed by atoms with Crippen molar-refractivity contribution in [3.8, 4) is 0 Å². The number of nitrogens with one attached hydrogen (secondary N) is 1. The number of hydrogen-bond donors (Lipinski definition) is 1. The van der Waals surface area contributed by atoms with Gasteiger partial charge in [-0.2, -0.15) is 0 Å². The van der Waals surface area contributed by atoms with Crippen LogP contribution in [0.1, 0.15) is 5.56 Å². The van der Waals surface area contributed by atoms with Gasteiger partial charge < -0.3 is 10.2 Å². The van der Waals surface area contributed by atoms with Crippen molar-refractivity contribution in [2.45, 2.75) is 12.1 Å². The molecule has 6 rings (SSSR count). The van der Waals surface area contributed by atoms with Gasteiger partial charge in [0, 0.05) is 28.5 Å². The summed E-state index contributed by atoms with van der Waals surface area (Å²) < 4.78 is 0. The van der Waals surface area contributed by atoms with Gasteiger partial charge in [0.15, 0.2) is 0 Å². The van der Waals surface area contributed by atoms with Gasteiger partial charge in [0.2, 0.25) is 17.7 Å². The van der Waals surface area contributed by atoms with Gasteiger partial charge in [0.05, 0.1) is 33.5 Å². The molecule has 0 aromatic heterocycles. The molecule has 3 aromatic carbocycles. The Labute approximate surface area is 226 Å². The first-order valence-electron chi connectivity index (χ1n) is 11.7. The summed E-state index contributed by atoms with van der Waals surface area (Å²) in [6.45, 7) is 0. The number of anilines is 3. The summed E-state index contributed by atoms with van der Waals surface area (Å²) in [5.41, 5.74) is 2.01. The fourth-order valence-corrected chi connectivity index (χ4v) is 6.09. The number of nitrogens with zero attached hydrogens (tertiary/aromatic N) is 3. The van der Waals surface area contributed by atoms with Crippen LogP contribution in [0.4, 0.5) is 22.7 Å². The monoisotopic (exact) mass is 548 g/mol. The van der Waals surface area contributed by atoms with Crippen LogP contribution in [0.3, 0.4) is 0 Å². The Bertz CT molecular complexity index is 1560. The molecule has 0 bridgehead atoms. The topological polar surface area (TPSA) is 113 Å². The number of hydrogen-bond acceptors (Lipinski definition) is 6. The second-order valence-electron chi connectivity index (χ2n) is 9.21. The molecule has 38 heavy (non-hydrogen) atoms. The number of carbonyl (C=O) groups excluding carboxylic acids is 3. The van der Waals surface area contributed by atoms with Crippen LogP contribution in [-0.2, 0) is 14.4 Å². The Morgan fingerprint density at radius 3 is 2.34 bits per heavy atom. The first kappa shape index (κ1) is 24.1. The fraction of sp³-hybridized carbons (Fsp3) is 0.148. The normalized spacial score (nSPS) is 23.2. The average Bonchev–Trinajstić information content (AvgIpc) is 3.37. The number of nitro benzene ring substituents is 1. The molecule has 3 aromatic rings. The smallest absolute Gasteiger partial charge is 0.269 e. The van der Waals surface area contributed by atoms with Crippen LogP contribution in [0.25, 0.3) is 6.08 Å². The van der Waals surface area contributed by atoms with Crippen molar-refractivity contribution < 1.29 is 19.3 Å². The van der Waals surface area contributed by atoms with Gasteiger partial charge in [-0.1, -0.05) is 53.6 Å². The van der Waals surface area contributed by atoms with E-state index in [1.165, 1.54) is 36.4 Å².